The summed E-state index contributed by atoms with van der Waals surface area (Å²) in [4.78, 5) is 30.7. The van der Waals surface area contributed by atoms with Crippen LogP contribution in [0.3, 0.4) is 0 Å². The van der Waals surface area contributed by atoms with E-state index in [1.165, 1.54) is 26.9 Å². The van der Waals surface area contributed by atoms with Crippen LogP contribution < -0.4 is 10.1 Å². The lowest BCUT2D eigenvalue weighted by Crippen LogP contribution is -2.58. The fourth-order valence-electron chi connectivity index (χ4n) is 4.56. The molecule has 1 aromatic carbocycles. The van der Waals surface area contributed by atoms with Crippen molar-refractivity contribution in [2.24, 2.45) is 5.10 Å². The molecular weight excluding hydrogens is 517 g/mol. The number of urea groups is 1. The molecule has 0 spiro atoms. The van der Waals surface area contributed by atoms with Crippen LogP contribution in [0.1, 0.15) is 39.8 Å². The summed E-state index contributed by atoms with van der Waals surface area (Å²) in [7, 11) is 0. The number of ether oxygens (including phenoxy) is 1. The number of hydrogen-bond acceptors (Lipinski definition) is 7. The molecule has 3 aromatic rings. The van der Waals surface area contributed by atoms with Gasteiger partial charge in [-0.05, 0) is 31.5 Å². The Morgan fingerprint density at radius 3 is 2.54 bits per heavy atom. The molecule has 0 unspecified atom stereocenters. The molecule has 0 aliphatic carbocycles. The van der Waals surface area contributed by atoms with Crippen LogP contribution in [-0.2, 0) is 0 Å². The number of likely N-dealkylation sites (tertiary alicyclic amines) is 1. The molecule has 2 aromatic heterocycles. The molecule has 0 bridgehead atoms. The van der Waals surface area contributed by atoms with Gasteiger partial charge in [-0.3, -0.25) is 10.1 Å². The third-order valence-corrected chi connectivity index (χ3v) is 6.42. The zero-order valence-electron chi connectivity index (χ0n) is 20.7. The van der Waals surface area contributed by atoms with E-state index in [9.17, 15) is 22.8 Å². The highest BCUT2D eigenvalue weighted by Crippen LogP contribution is 2.32. The third-order valence-electron chi connectivity index (χ3n) is 6.42. The van der Waals surface area contributed by atoms with Gasteiger partial charge in [-0.2, -0.15) is 15.5 Å². The molecule has 0 radical (unpaired) electrons. The van der Waals surface area contributed by atoms with Crippen molar-refractivity contribution in [3.8, 4) is 17.8 Å². The first-order valence-corrected chi connectivity index (χ1v) is 11.8. The van der Waals surface area contributed by atoms with Crippen molar-refractivity contribution in [3.63, 3.8) is 0 Å². The third kappa shape index (κ3) is 4.86. The van der Waals surface area contributed by atoms with Crippen LogP contribution in [-0.4, -0.2) is 62.0 Å². The predicted molar refractivity (Wildman–Crippen MR) is 129 cm³/mol. The lowest BCUT2D eigenvalue weighted by atomic mass is 10.0. The number of pyridine rings is 1. The number of carbonyl (C=O) groups is 2. The molecule has 5 rings (SSSR count). The second-order valence-electron chi connectivity index (χ2n) is 9.02. The summed E-state index contributed by atoms with van der Waals surface area (Å²) in [6.07, 6.45) is 3.80. The van der Waals surface area contributed by atoms with E-state index in [1.807, 2.05) is 0 Å². The molecular formula is C25H21F3N8O3. The van der Waals surface area contributed by atoms with Gasteiger partial charge < -0.3 is 9.64 Å². The molecule has 14 heteroatoms. The highest BCUT2D eigenvalue weighted by Gasteiger charge is 2.39. The zero-order valence-corrected chi connectivity index (χ0v) is 20.7. The normalized spacial score (nSPS) is 16.7. The van der Waals surface area contributed by atoms with E-state index in [-0.39, 0.29) is 35.8 Å². The van der Waals surface area contributed by atoms with E-state index in [4.69, 9.17) is 10.00 Å². The van der Waals surface area contributed by atoms with Gasteiger partial charge in [-0.15, -0.1) is 0 Å². The van der Waals surface area contributed by atoms with E-state index >= 15 is 0 Å². The maximum absolute atomic E-state index is 14.5. The van der Waals surface area contributed by atoms with Crippen molar-refractivity contribution in [1.82, 2.24) is 30.0 Å². The molecule has 11 nitrogen and oxygen atoms in total. The van der Waals surface area contributed by atoms with E-state index in [0.29, 0.717) is 17.8 Å². The Labute approximate surface area is 220 Å². The quantitative estimate of drug-likeness (QED) is 0.393. The number of aromatic nitrogens is 3. The van der Waals surface area contributed by atoms with Crippen LogP contribution in [0.2, 0.25) is 0 Å². The molecule has 1 saturated heterocycles. The van der Waals surface area contributed by atoms with Gasteiger partial charge in [0.1, 0.15) is 17.7 Å². The summed E-state index contributed by atoms with van der Waals surface area (Å²) in [6, 6.07) is 3.28. The van der Waals surface area contributed by atoms with Crippen LogP contribution in [0.25, 0.3) is 5.82 Å². The summed E-state index contributed by atoms with van der Waals surface area (Å²) in [6.45, 7) is 3.46. The van der Waals surface area contributed by atoms with Crippen molar-refractivity contribution in [2.45, 2.75) is 32.4 Å². The zero-order chi connectivity index (χ0) is 27.8. The Morgan fingerprint density at radius 1 is 1.13 bits per heavy atom. The summed E-state index contributed by atoms with van der Waals surface area (Å²) < 4.78 is 49.0. The first kappa shape index (κ1) is 25.7. The van der Waals surface area contributed by atoms with Crippen LogP contribution in [0.4, 0.5) is 18.0 Å². The monoisotopic (exact) mass is 538 g/mol. The van der Waals surface area contributed by atoms with Gasteiger partial charge in [0, 0.05) is 24.8 Å². The highest BCUT2D eigenvalue weighted by atomic mass is 19.1. The van der Waals surface area contributed by atoms with Gasteiger partial charge in [0.25, 0.3) is 5.91 Å². The number of nitrogens with one attached hydrogen (secondary N) is 1. The van der Waals surface area contributed by atoms with Crippen molar-refractivity contribution >= 4 is 18.2 Å². The Hall–Kier alpha value is -4.93. The molecule has 2 aliphatic rings. The standard InChI is InChI=1S/C25H21F3N8O3/c1-13-23(24(37)31-12-29)14(2)35(33-13)22-8-21(19(28)9-30-22)39-18-10-34(11-18)25(38)36-20(3-4-32-36)15-5-16(26)7-17(27)6-15/h4-9,18,20H,3,10-11H2,1-2H3,(H,31,37)/t20-/m0/s1. The van der Waals surface area contributed by atoms with Crippen molar-refractivity contribution in [3.05, 3.63) is 70.4 Å². The smallest absolute Gasteiger partial charge is 0.341 e. The number of carbonyl (C=O) groups excluding carboxylic acids is 2. The number of nitriles is 1. The van der Waals surface area contributed by atoms with Gasteiger partial charge in [0.15, 0.2) is 23.6 Å². The lowest BCUT2D eigenvalue weighted by Gasteiger charge is -2.41. The van der Waals surface area contributed by atoms with Gasteiger partial charge in [0.05, 0.1) is 42.3 Å². The van der Waals surface area contributed by atoms with Gasteiger partial charge in [-0.25, -0.2) is 32.6 Å². The van der Waals surface area contributed by atoms with Gasteiger partial charge in [0.2, 0.25) is 0 Å². The van der Waals surface area contributed by atoms with E-state index in [1.54, 1.807) is 20.0 Å². The van der Waals surface area contributed by atoms with Gasteiger partial charge >= 0.3 is 6.03 Å². The van der Waals surface area contributed by atoms with E-state index in [0.717, 1.165) is 24.4 Å². The number of rotatable bonds is 5. The molecule has 1 N–H and O–H groups in total. The van der Waals surface area contributed by atoms with Crippen molar-refractivity contribution < 1.29 is 27.5 Å². The van der Waals surface area contributed by atoms with Crippen molar-refractivity contribution in [1.29, 1.82) is 5.26 Å². The number of hydrazone groups is 1. The number of aryl methyl sites for hydroxylation is 1. The molecule has 200 valence electrons. The molecule has 4 heterocycles. The minimum atomic E-state index is -0.748. The minimum Gasteiger partial charge on any atom is -0.483 e. The average Bonchev–Trinajstić information content (AvgIpc) is 3.46. The SMILES string of the molecule is Cc1nn(-c2cc(OC3CN(C(=O)N4N=CC[C@H]4c4cc(F)cc(F)c4)C3)c(F)cn2)c(C)c1C(=O)NC#N. The number of amides is 3. The fourth-order valence-corrected chi connectivity index (χ4v) is 4.56. The van der Waals surface area contributed by atoms with Crippen LogP contribution in [0, 0.1) is 42.8 Å². The molecule has 2 aliphatic heterocycles. The molecule has 1 fully saturated rings. The predicted octanol–water partition coefficient (Wildman–Crippen LogP) is 3.13. The molecule has 1 atom stereocenters. The topological polar surface area (TPSA) is 129 Å². The van der Waals surface area contributed by atoms with Crippen LogP contribution in [0.15, 0.2) is 35.6 Å². The average molecular weight is 538 g/mol. The highest BCUT2D eigenvalue weighted by molar-refractivity contribution is 5.97. The Kier molecular flexibility index (Phi) is 6.65. The number of benzene rings is 1. The number of nitrogens with zero attached hydrogens (tertiary/aromatic N) is 7. The lowest BCUT2D eigenvalue weighted by molar-refractivity contribution is 0.0256. The van der Waals surface area contributed by atoms with Gasteiger partial charge in [-0.1, -0.05) is 0 Å². The summed E-state index contributed by atoms with van der Waals surface area (Å²) in [5.41, 5.74) is 1.23. The minimum absolute atomic E-state index is 0.125. The maximum atomic E-state index is 14.5. The summed E-state index contributed by atoms with van der Waals surface area (Å²) in [5, 5.41) is 20.3. The number of hydrogen-bond donors (Lipinski definition) is 1. The molecule has 3 amide bonds. The van der Waals surface area contributed by atoms with E-state index < -0.39 is 41.5 Å². The maximum Gasteiger partial charge on any atom is 0.341 e. The molecule has 0 saturated carbocycles. The second kappa shape index (κ2) is 10.1. The van der Waals surface area contributed by atoms with Crippen LogP contribution in [0.5, 0.6) is 5.75 Å². The van der Waals surface area contributed by atoms with E-state index in [2.05, 4.69) is 20.5 Å². The Morgan fingerprint density at radius 2 is 1.85 bits per heavy atom. The van der Waals surface area contributed by atoms with Crippen LogP contribution >= 0.6 is 0 Å². The molecule has 39 heavy (non-hydrogen) atoms. The van der Waals surface area contributed by atoms with Crippen molar-refractivity contribution in [2.75, 3.05) is 13.1 Å². The first-order valence-electron chi connectivity index (χ1n) is 11.8. The number of halogens is 3. The largest absolute Gasteiger partial charge is 0.483 e. The fraction of sp³-hybridized carbons (Fsp3) is 0.280. The summed E-state index contributed by atoms with van der Waals surface area (Å²) >= 11 is 0. The second-order valence-corrected chi connectivity index (χ2v) is 9.02. The first-order chi connectivity index (χ1) is 18.7. The Bertz CT molecular complexity index is 1520. The Balaban J connectivity index is 1.26. The summed E-state index contributed by atoms with van der Waals surface area (Å²) in [5.74, 6) is -2.79.